The molecule has 1 unspecified atom stereocenters. The van der Waals surface area contributed by atoms with Gasteiger partial charge in [-0.1, -0.05) is 36.4 Å². The molecule has 0 aliphatic carbocycles. The molecule has 0 spiro atoms. The molecule has 5 heteroatoms. The maximum atomic E-state index is 12.1. The van der Waals surface area contributed by atoms with E-state index in [4.69, 9.17) is 4.74 Å². The fourth-order valence-electron chi connectivity index (χ4n) is 3.18. The zero-order valence-electron chi connectivity index (χ0n) is 15.5. The summed E-state index contributed by atoms with van der Waals surface area (Å²) in [4.78, 5) is 14.5. The highest BCUT2D eigenvalue weighted by atomic mass is 16.5. The number of anilines is 1. The Kier molecular flexibility index (Phi) is 6.26. The lowest BCUT2D eigenvalue weighted by Crippen LogP contribution is -2.38. The Morgan fingerprint density at radius 3 is 2.50 bits per heavy atom. The first-order valence-corrected chi connectivity index (χ1v) is 9.14. The second-order valence-electron chi connectivity index (χ2n) is 6.68. The predicted octanol–water partition coefficient (Wildman–Crippen LogP) is 3.71. The zero-order valence-corrected chi connectivity index (χ0v) is 15.5. The molecular formula is C21H27N3O2. The molecule has 138 valence electrons. The van der Waals surface area contributed by atoms with Crippen LogP contribution in [0.25, 0.3) is 0 Å². The SMILES string of the molecule is Cc1ccccc1CNC(=O)Nc1ccc(C(C)N2CCOCC2)cc1. The van der Waals surface area contributed by atoms with Crippen molar-refractivity contribution >= 4 is 11.7 Å². The van der Waals surface area contributed by atoms with Crippen molar-refractivity contribution in [2.24, 2.45) is 0 Å². The average Bonchev–Trinajstić information content (AvgIpc) is 2.68. The Bertz CT molecular complexity index is 724. The molecule has 0 radical (unpaired) electrons. The van der Waals surface area contributed by atoms with Crippen LogP contribution < -0.4 is 10.6 Å². The van der Waals surface area contributed by atoms with E-state index in [2.05, 4.69) is 34.6 Å². The maximum absolute atomic E-state index is 12.1. The molecular weight excluding hydrogens is 326 g/mol. The van der Waals surface area contributed by atoms with E-state index in [0.29, 0.717) is 12.6 Å². The molecule has 2 N–H and O–H groups in total. The highest BCUT2D eigenvalue weighted by Gasteiger charge is 2.18. The van der Waals surface area contributed by atoms with E-state index >= 15 is 0 Å². The second-order valence-corrected chi connectivity index (χ2v) is 6.68. The summed E-state index contributed by atoms with van der Waals surface area (Å²) in [7, 11) is 0. The maximum Gasteiger partial charge on any atom is 0.319 e. The molecule has 1 heterocycles. The normalized spacial score (nSPS) is 16.1. The summed E-state index contributed by atoms with van der Waals surface area (Å²) < 4.78 is 5.41. The van der Waals surface area contributed by atoms with Crippen molar-refractivity contribution in [3.63, 3.8) is 0 Å². The Labute approximate surface area is 155 Å². The van der Waals surface area contributed by atoms with Crippen LogP contribution in [0.3, 0.4) is 0 Å². The smallest absolute Gasteiger partial charge is 0.319 e. The van der Waals surface area contributed by atoms with Gasteiger partial charge in [-0.3, -0.25) is 4.90 Å². The van der Waals surface area contributed by atoms with Gasteiger partial charge in [0, 0.05) is 31.4 Å². The van der Waals surface area contributed by atoms with Crippen molar-refractivity contribution in [1.29, 1.82) is 0 Å². The van der Waals surface area contributed by atoms with Crippen molar-refractivity contribution in [3.05, 3.63) is 65.2 Å². The molecule has 5 nitrogen and oxygen atoms in total. The molecule has 0 saturated carbocycles. The van der Waals surface area contributed by atoms with Gasteiger partial charge in [-0.2, -0.15) is 0 Å². The van der Waals surface area contributed by atoms with Gasteiger partial charge in [0.05, 0.1) is 13.2 Å². The summed E-state index contributed by atoms with van der Waals surface area (Å²) in [6.07, 6.45) is 0. The van der Waals surface area contributed by atoms with Gasteiger partial charge >= 0.3 is 6.03 Å². The van der Waals surface area contributed by atoms with Crippen molar-refractivity contribution < 1.29 is 9.53 Å². The number of carbonyl (C=O) groups excluding carboxylic acids is 1. The Morgan fingerprint density at radius 2 is 1.81 bits per heavy atom. The van der Waals surface area contributed by atoms with E-state index in [9.17, 15) is 4.79 Å². The van der Waals surface area contributed by atoms with Crippen LogP contribution in [0.1, 0.15) is 29.7 Å². The van der Waals surface area contributed by atoms with Gasteiger partial charge in [0.15, 0.2) is 0 Å². The number of urea groups is 1. The van der Waals surface area contributed by atoms with Crippen LogP contribution in [0.15, 0.2) is 48.5 Å². The summed E-state index contributed by atoms with van der Waals surface area (Å²) in [6, 6.07) is 16.3. The Morgan fingerprint density at radius 1 is 1.12 bits per heavy atom. The van der Waals surface area contributed by atoms with Crippen LogP contribution >= 0.6 is 0 Å². The third-order valence-electron chi connectivity index (χ3n) is 4.95. The van der Waals surface area contributed by atoms with E-state index in [1.165, 1.54) is 11.1 Å². The van der Waals surface area contributed by atoms with Gasteiger partial charge < -0.3 is 15.4 Å². The number of hydrogen-bond acceptors (Lipinski definition) is 3. The number of morpholine rings is 1. The van der Waals surface area contributed by atoms with Gasteiger partial charge in [0.2, 0.25) is 0 Å². The molecule has 1 atom stereocenters. The summed E-state index contributed by atoms with van der Waals surface area (Å²) in [6.45, 7) is 8.29. The van der Waals surface area contributed by atoms with Gasteiger partial charge in [-0.25, -0.2) is 4.79 Å². The first-order valence-electron chi connectivity index (χ1n) is 9.14. The Balaban J connectivity index is 1.52. The number of nitrogens with zero attached hydrogens (tertiary/aromatic N) is 1. The number of benzene rings is 2. The van der Waals surface area contributed by atoms with Gasteiger partial charge in [-0.15, -0.1) is 0 Å². The summed E-state index contributed by atoms with van der Waals surface area (Å²) >= 11 is 0. The van der Waals surface area contributed by atoms with Crippen LogP contribution in [-0.4, -0.2) is 37.2 Å². The first-order chi connectivity index (χ1) is 12.6. The van der Waals surface area contributed by atoms with E-state index in [0.717, 1.165) is 37.6 Å². The predicted molar refractivity (Wildman–Crippen MR) is 104 cm³/mol. The molecule has 3 rings (SSSR count). The third kappa shape index (κ3) is 4.84. The molecule has 0 aromatic heterocycles. The van der Waals surface area contributed by atoms with Gasteiger partial charge in [0.25, 0.3) is 0 Å². The van der Waals surface area contributed by atoms with E-state index in [1.54, 1.807) is 0 Å². The van der Waals surface area contributed by atoms with Gasteiger partial charge in [0.1, 0.15) is 0 Å². The molecule has 1 aliphatic heterocycles. The quantitative estimate of drug-likeness (QED) is 0.862. The molecule has 26 heavy (non-hydrogen) atoms. The highest BCUT2D eigenvalue weighted by molar-refractivity contribution is 5.89. The molecule has 2 aromatic rings. The number of ether oxygens (including phenoxy) is 1. The summed E-state index contributed by atoms with van der Waals surface area (Å²) in [5, 5.41) is 5.80. The van der Waals surface area contributed by atoms with Gasteiger partial charge in [-0.05, 0) is 42.7 Å². The standard InChI is InChI=1S/C21H27N3O2/c1-16-5-3-4-6-19(16)15-22-21(25)23-20-9-7-18(8-10-20)17(2)24-11-13-26-14-12-24/h3-10,17H,11-15H2,1-2H3,(H2,22,23,25). The molecule has 2 aromatic carbocycles. The third-order valence-corrected chi connectivity index (χ3v) is 4.95. The number of amides is 2. The minimum Gasteiger partial charge on any atom is -0.379 e. The fraction of sp³-hybridized carbons (Fsp3) is 0.381. The number of rotatable bonds is 5. The monoisotopic (exact) mass is 353 g/mol. The largest absolute Gasteiger partial charge is 0.379 e. The second kappa shape index (κ2) is 8.83. The van der Waals surface area contributed by atoms with Crippen molar-refractivity contribution in [2.75, 3.05) is 31.6 Å². The minimum atomic E-state index is -0.192. The lowest BCUT2D eigenvalue weighted by molar-refractivity contribution is 0.0198. The summed E-state index contributed by atoms with van der Waals surface area (Å²) in [5.74, 6) is 0. The zero-order chi connectivity index (χ0) is 18.4. The molecule has 1 saturated heterocycles. The lowest BCUT2D eigenvalue weighted by Gasteiger charge is -2.32. The van der Waals surface area contributed by atoms with Crippen molar-refractivity contribution in [3.8, 4) is 0 Å². The van der Waals surface area contributed by atoms with E-state index in [-0.39, 0.29) is 6.03 Å². The lowest BCUT2D eigenvalue weighted by atomic mass is 10.1. The van der Waals surface area contributed by atoms with E-state index < -0.39 is 0 Å². The van der Waals surface area contributed by atoms with Crippen LogP contribution in [-0.2, 0) is 11.3 Å². The minimum absolute atomic E-state index is 0.192. The number of aryl methyl sites for hydroxylation is 1. The number of carbonyl (C=O) groups is 1. The molecule has 1 fully saturated rings. The first kappa shape index (κ1) is 18.4. The summed E-state index contributed by atoms with van der Waals surface area (Å²) in [5.41, 5.74) is 4.34. The molecule has 2 amide bonds. The topological polar surface area (TPSA) is 53.6 Å². The van der Waals surface area contributed by atoms with Crippen LogP contribution in [0.2, 0.25) is 0 Å². The highest BCUT2D eigenvalue weighted by Crippen LogP contribution is 2.22. The van der Waals surface area contributed by atoms with E-state index in [1.807, 2.05) is 43.3 Å². The van der Waals surface area contributed by atoms with Crippen molar-refractivity contribution in [1.82, 2.24) is 10.2 Å². The number of hydrogen-bond donors (Lipinski definition) is 2. The van der Waals surface area contributed by atoms with Crippen LogP contribution in [0.5, 0.6) is 0 Å². The number of nitrogens with one attached hydrogen (secondary N) is 2. The van der Waals surface area contributed by atoms with Crippen LogP contribution in [0, 0.1) is 6.92 Å². The van der Waals surface area contributed by atoms with Crippen molar-refractivity contribution in [2.45, 2.75) is 26.4 Å². The average molecular weight is 353 g/mol. The molecule has 0 bridgehead atoms. The fourth-order valence-corrected chi connectivity index (χ4v) is 3.18. The molecule has 1 aliphatic rings. The Hall–Kier alpha value is -2.37. The van der Waals surface area contributed by atoms with Crippen LogP contribution in [0.4, 0.5) is 10.5 Å².